The lowest BCUT2D eigenvalue weighted by molar-refractivity contribution is 0.103. The molecule has 1 aromatic heterocycles. The third-order valence-electron chi connectivity index (χ3n) is 1.96. The lowest BCUT2D eigenvalue weighted by Crippen LogP contribution is -2.01. The number of halogens is 1. The molecule has 1 heterocycles. The molecule has 15 heavy (non-hydrogen) atoms. The van der Waals surface area contributed by atoms with Gasteiger partial charge in [0.05, 0.1) is 5.01 Å². The summed E-state index contributed by atoms with van der Waals surface area (Å²) in [7, 11) is 0. The van der Waals surface area contributed by atoms with Crippen LogP contribution in [0.15, 0.2) is 34.1 Å². The number of aromatic nitrogens is 1. The fourth-order valence-electron chi connectivity index (χ4n) is 1.22. The molecule has 76 valence electrons. The predicted octanol–water partition coefficient (Wildman–Crippen LogP) is 3.45. The van der Waals surface area contributed by atoms with Crippen LogP contribution < -0.4 is 0 Å². The van der Waals surface area contributed by atoms with Crippen LogP contribution in [-0.4, -0.2) is 10.8 Å². The van der Waals surface area contributed by atoms with Gasteiger partial charge in [0.2, 0.25) is 5.78 Å². The van der Waals surface area contributed by atoms with Gasteiger partial charge in [-0.15, -0.1) is 11.3 Å². The number of nitrogens with zero attached hydrogens (tertiary/aromatic N) is 1. The summed E-state index contributed by atoms with van der Waals surface area (Å²) < 4.78 is 0.966. The number of benzene rings is 1. The molecular formula is C11H8BrNOS. The van der Waals surface area contributed by atoms with E-state index in [0.29, 0.717) is 11.3 Å². The molecule has 0 saturated carbocycles. The second kappa shape index (κ2) is 4.24. The van der Waals surface area contributed by atoms with Crippen molar-refractivity contribution >= 4 is 33.0 Å². The van der Waals surface area contributed by atoms with E-state index in [4.69, 9.17) is 0 Å². The first-order chi connectivity index (χ1) is 7.16. The molecule has 0 spiro atoms. The van der Waals surface area contributed by atoms with Crippen molar-refractivity contribution in [2.75, 3.05) is 0 Å². The summed E-state index contributed by atoms with van der Waals surface area (Å²) >= 11 is 4.82. The zero-order valence-electron chi connectivity index (χ0n) is 8.03. The number of carbonyl (C=O) groups excluding carboxylic acids is 1. The van der Waals surface area contributed by atoms with Gasteiger partial charge in [0.15, 0.2) is 0 Å². The van der Waals surface area contributed by atoms with Crippen molar-refractivity contribution in [3.8, 4) is 0 Å². The monoisotopic (exact) mass is 281 g/mol. The standard InChI is InChI=1S/C11H8BrNOS/c1-7-13-10(6-15-7)11(14)8-2-4-9(12)5-3-8/h2-6H,1H3. The van der Waals surface area contributed by atoms with Crippen molar-refractivity contribution in [1.82, 2.24) is 4.98 Å². The molecule has 0 amide bonds. The van der Waals surface area contributed by atoms with Gasteiger partial charge in [-0.25, -0.2) is 4.98 Å². The van der Waals surface area contributed by atoms with Crippen LogP contribution in [0.4, 0.5) is 0 Å². The van der Waals surface area contributed by atoms with Gasteiger partial charge in [-0.1, -0.05) is 15.9 Å². The molecule has 0 unspecified atom stereocenters. The maximum Gasteiger partial charge on any atom is 0.212 e. The van der Waals surface area contributed by atoms with Gasteiger partial charge in [0.1, 0.15) is 5.69 Å². The van der Waals surface area contributed by atoms with Crippen LogP contribution in [-0.2, 0) is 0 Å². The van der Waals surface area contributed by atoms with E-state index in [2.05, 4.69) is 20.9 Å². The van der Waals surface area contributed by atoms with E-state index in [9.17, 15) is 4.79 Å². The third kappa shape index (κ3) is 2.33. The second-order valence-electron chi connectivity index (χ2n) is 3.09. The Bertz CT molecular complexity index is 490. The molecule has 2 nitrogen and oxygen atoms in total. The minimum atomic E-state index is -0.0214. The Kier molecular flexibility index (Phi) is 2.98. The van der Waals surface area contributed by atoms with Crippen LogP contribution in [0.25, 0.3) is 0 Å². The highest BCUT2D eigenvalue weighted by atomic mass is 79.9. The molecule has 0 aliphatic rings. The molecule has 0 aliphatic heterocycles. The van der Waals surface area contributed by atoms with Crippen molar-refractivity contribution in [1.29, 1.82) is 0 Å². The van der Waals surface area contributed by atoms with Crippen molar-refractivity contribution in [3.05, 3.63) is 50.4 Å². The molecule has 2 aromatic rings. The summed E-state index contributed by atoms with van der Waals surface area (Å²) in [5.74, 6) is -0.0214. The van der Waals surface area contributed by atoms with E-state index < -0.39 is 0 Å². The Balaban J connectivity index is 2.32. The Labute approximate surface area is 100 Å². The molecule has 0 saturated heterocycles. The van der Waals surface area contributed by atoms with Crippen LogP contribution in [0.2, 0.25) is 0 Å². The number of carbonyl (C=O) groups is 1. The van der Waals surface area contributed by atoms with E-state index in [1.54, 1.807) is 17.5 Å². The summed E-state index contributed by atoms with van der Waals surface area (Å²) in [6.07, 6.45) is 0. The quantitative estimate of drug-likeness (QED) is 0.790. The van der Waals surface area contributed by atoms with Crippen LogP contribution >= 0.6 is 27.3 Å². The molecule has 2 rings (SSSR count). The Morgan fingerprint density at radius 2 is 2.00 bits per heavy atom. The topological polar surface area (TPSA) is 30.0 Å². The van der Waals surface area contributed by atoms with Gasteiger partial charge >= 0.3 is 0 Å². The number of ketones is 1. The molecule has 0 fully saturated rings. The van der Waals surface area contributed by atoms with Gasteiger partial charge in [0, 0.05) is 15.4 Å². The highest BCUT2D eigenvalue weighted by molar-refractivity contribution is 9.10. The summed E-state index contributed by atoms with van der Waals surface area (Å²) in [5.41, 5.74) is 1.20. The predicted molar refractivity (Wildman–Crippen MR) is 64.4 cm³/mol. The average molecular weight is 282 g/mol. The fourth-order valence-corrected chi connectivity index (χ4v) is 2.07. The lowest BCUT2D eigenvalue weighted by Gasteiger charge is -1.97. The highest BCUT2D eigenvalue weighted by Gasteiger charge is 2.11. The first kappa shape index (κ1) is 10.5. The van der Waals surface area contributed by atoms with Crippen molar-refractivity contribution in [2.24, 2.45) is 0 Å². The summed E-state index contributed by atoms with van der Waals surface area (Å²) in [5, 5.41) is 2.70. The maximum absolute atomic E-state index is 11.9. The first-order valence-corrected chi connectivity index (χ1v) is 6.06. The number of rotatable bonds is 2. The van der Waals surface area contributed by atoms with Crippen molar-refractivity contribution < 1.29 is 4.79 Å². The summed E-state index contributed by atoms with van der Waals surface area (Å²) in [4.78, 5) is 16.1. The number of aryl methyl sites for hydroxylation is 1. The van der Waals surface area contributed by atoms with E-state index in [-0.39, 0.29) is 5.78 Å². The van der Waals surface area contributed by atoms with Gasteiger partial charge in [0.25, 0.3) is 0 Å². The van der Waals surface area contributed by atoms with E-state index in [1.165, 1.54) is 11.3 Å². The molecule has 0 bridgehead atoms. The largest absolute Gasteiger partial charge is 0.287 e. The molecule has 0 radical (unpaired) electrons. The van der Waals surface area contributed by atoms with E-state index >= 15 is 0 Å². The van der Waals surface area contributed by atoms with Crippen LogP contribution in [0, 0.1) is 6.92 Å². The van der Waals surface area contributed by atoms with Gasteiger partial charge in [-0.05, 0) is 31.2 Å². The zero-order valence-corrected chi connectivity index (χ0v) is 10.4. The van der Waals surface area contributed by atoms with Crippen LogP contribution in [0.3, 0.4) is 0 Å². The van der Waals surface area contributed by atoms with Crippen LogP contribution in [0.1, 0.15) is 21.1 Å². The van der Waals surface area contributed by atoms with Gasteiger partial charge < -0.3 is 0 Å². The smallest absolute Gasteiger partial charge is 0.212 e. The Hall–Kier alpha value is -1.00. The van der Waals surface area contributed by atoms with Gasteiger partial charge in [-0.2, -0.15) is 0 Å². The van der Waals surface area contributed by atoms with Crippen LogP contribution in [0.5, 0.6) is 0 Å². The molecular weight excluding hydrogens is 274 g/mol. The van der Waals surface area contributed by atoms with E-state index in [1.807, 2.05) is 19.1 Å². The molecule has 1 aromatic carbocycles. The molecule has 0 aliphatic carbocycles. The molecule has 4 heteroatoms. The fraction of sp³-hybridized carbons (Fsp3) is 0.0909. The maximum atomic E-state index is 11.9. The normalized spacial score (nSPS) is 10.3. The average Bonchev–Trinajstić information content (AvgIpc) is 2.65. The number of thiazole rings is 1. The molecule has 0 atom stereocenters. The van der Waals surface area contributed by atoms with Gasteiger partial charge in [-0.3, -0.25) is 4.79 Å². The zero-order chi connectivity index (χ0) is 10.8. The summed E-state index contributed by atoms with van der Waals surface area (Å²) in [6, 6.07) is 7.29. The highest BCUT2D eigenvalue weighted by Crippen LogP contribution is 2.15. The third-order valence-corrected chi connectivity index (χ3v) is 3.26. The Morgan fingerprint density at radius 1 is 1.33 bits per heavy atom. The number of hydrogen-bond donors (Lipinski definition) is 0. The van der Waals surface area contributed by atoms with Crippen molar-refractivity contribution in [2.45, 2.75) is 6.92 Å². The first-order valence-electron chi connectivity index (χ1n) is 4.39. The summed E-state index contributed by atoms with van der Waals surface area (Å²) in [6.45, 7) is 1.89. The Morgan fingerprint density at radius 3 is 2.53 bits per heavy atom. The second-order valence-corrected chi connectivity index (χ2v) is 5.07. The SMILES string of the molecule is Cc1nc(C(=O)c2ccc(Br)cc2)cs1. The van der Waals surface area contributed by atoms with Crippen molar-refractivity contribution in [3.63, 3.8) is 0 Å². The molecule has 0 N–H and O–H groups in total. The lowest BCUT2D eigenvalue weighted by atomic mass is 10.1. The van der Waals surface area contributed by atoms with E-state index in [0.717, 1.165) is 9.48 Å². The minimum absolute atomic E-state index is 0.0214. The number of hydrogen-bond acceptors (Lipinski definition) is 3. The minimum Gasteiger partial charge on any atom is -0.287 e.